The van der Waals surface area contributed by atoms with Gasteiger partial charge >= 0.3 is 0 Å². The van der Waals surface area contributed by atoms with Crippen LogP contribution in [0.5, 0.6) is 0 Å². The van der Waals surface area contributed by atoms with Gasteiger partial charge in [0, 0.05) is 23.5 Å². The topological polar surface area (TPSA) is 20.3 Å². The number of rotatable bonds is 4. The smallest absolute Gasteiger partial charge is 0.225 e. The van der Waals surface area contributed by atoms with E-state index < -0.39 is 0 Å². The third-order valence-electron chi connectivity index (χ3n) is 3.18. The first-order valence-corrected chi connectivity index (χ1v) is 6.95. The Kier molecular flexibility index (Phi) is 3.87. The van der Waals surface area contributed by atoms with Crippen LogP contribution in [0.25, 0.3) is 0 Å². The molecule has 0 unspecified atom stereocenters. The highest BCUT2D eigenvalue weighted by Crippen LogP contribution is 2.32. The summed E-state index contributed by atoms with van der Waals surface area (Å²) in [5.41, 5.74) is 2.43. The number of carbonyl (C=O) groups excluding carboxylic acids is 1. The van der Waals surface area contributed by atoms with Crippen molar-refractivity contribution in [2.75, 3.05) is 6.54 Å². The van der Waals surface area contributed by atoms with Crippen LogP contribution in [0.3, 0.4) is 0 Å². The number of amides is 1. The number of benzene rings is 1. The van der Waals surface area contributed by atoms with E-state index in [4.69, 9.17) is 0 Å². The first-order chi connectivity index (χ1) is 8.11. The third-order valence-corrected chi connectivity index (χ3v) is 3.96. The minimum absolute atomic E-state index is 0.304. The highest BCUT2D eigenvalue weighted by Gasteiger charge is 2.32. The maximum Gasteiger partial charge on any atom is 0.225 e. The quantitative estimate of drug-likeness (QED) is 0.832. The predicted molar refractivity (Wildman–Crippen MR) is 72.7 cm³/mol. The molecule has 0 spiro atoms. The fourth-order valence-corrected chi connectivity index (χ4v) is 2.34. The molecular formula is C14H18BrNO. The van der Waals surface area contributed by atoms with Crippen molar-refractivity contribution in [3.8, 4) is 0 Å². The summed E-state index contributed by atoms with van der Waals surface area (Å²) in [5, 5.41) is 0. The molecule has 0 aromatic heterocycles. The van der Waals surface area contributed by atoms with Gasteiger partial charge in [0.2, 0.25) is 5.91 Å². The van der Waals surface area contributed by atoms with Crippen LogP contribution in [0.2, 0.25) is 0 Å². The number of nitrogens with zero attached hydrogens (tertiary/aromatic N) is 1. The van der Waals surface area contributed by atoms with Crippen molar-refractivity contribution < 1.29 is 4.79 Å². The van der Waals surface area contributed by atoms with Gasteiger partial charge in [-0.15, -0.1) is 0 Å². The van der Waals surface area contributed by atoms with Gasteiger partial charge in [0.25, 0.3) is 0 Å². The fraction of sp³-hybridized carbons (Fsp3) is 0.500. The summed E-state index contributed by atoms with van der Waals surface area (Å²) < 4.78 is 1.09. The van der Waals surface area contributed by atoms with E-state index in [1.807, 2.05) is 11.8 Å². The standard InChI is InChI=1S/C14H18BrNO/c1-3-16(14(17)11-5-6-11)9-12-8-10(2)4-7-13(12)15/h4,7-8,11H,3,5-6,9H2,1-2H3. The molecule has 1 aliphatic rings. The van der Waals surface area contributed by atoms with Crippen LogP contribution < -0.4 is 0 Å². The molecule has 1 aromatic rings. The zero-order valence-electron chi connectivity index (χ0n) is 10.4. The first-order valence-electron chi connectivity index (χ1n) is 6.15. The van der Waals surface area contributed by atoms with Gasteiger partial charge in [-0.3, -0.25) is 4.79 Å². The van der Waals surface area contributed by atoms with Crippen LogP contribution in [-0.4, -0.2) is 17.4 Å². The Hall–Kier alpha value is -0.830. The van der Waals surface area contributed by atoms with Gasteiger partial charge in [-0.25, -0.2) is 0 Å². The van der Waals surface area contributed by atoms with Crippen LogP contribution in [0.15, 0.2) is 22.7 Å². The highest BCUT2D eigenvalue weighted by molar-refractivity contribution is 9.10. The molecule has 1 saturated carbocycles. The first kappa shape index (κ1) is 12.6. The third kappa shape index (κ3) is 3.09. The van der Waals surface area contributed by atoms with Gasteiger partial charge < -0.3 is 4.90 Å². The van der Waals surface area contributed by atoms with E-state index in [1.54, 1.807) is 0 Å². The van der Waals surface area contributed by atoms with Crippen LogP contribution in [0.4, 0.5) is 0 Å². The molecular weight excluding hydrogens is 278 g/mol. The summed E-state index contributed by atoms with van der Waals surface area (Å²) in [5.74, 6) is 0.624. The van der Waals surface area contributed by atoms with Gasteiger partial charge in [0.15, 0.2) is 0 Å². The molecule has 0 N–H and O–H groups in total. The van der Waals surface area contributed by atoms with Crippen LogP contribution in [0, 0.1) is 12.8 Å². The molecule has 2 nitrogen and oxygen atoms in total. The molecule has 3 heteroatoms. The Labute approximate surface area is 111 Å². The average molecular weight is 296 g/mol. The lowest BCUT2D eigenvalue weighted by molar-refractivity contribution is -0.132. The molecule has 0 aliphatic heterocycles. The monoisotopic (exact) mass is 295 g/mol. The molecule has 1 aromatic carbocycles. The van der Waals surface area contributed by atoms with Crippen LogP contribution in [0.1, 0.15) is 30.9 Å². The molecule has 92 valence electrons. The van der Waals surface area contributed by atoms with Crippen molar-refractivity contribution in [1.29, 1.82) is 0 Å². The molecule has 0 atom stereocenters. The number of hydrogen-bond acceptors (Lipinski definition) is 1. The SMILES string of the molecule is CCN(Cc1cc(C)ccc1Br)C(=O)C1CC1. The number of aryl methyl sites for hydroxylation is 1. The average Bonchev–Trinajstić information content (AvgIpc) is 3.13. The molecule has 2 rings (SSSR count). The summed E-state index contributed by atoms with van der Waals surface area (Å²) >= 11 is 3.55. The molecule has 0 saturated heterocycles. The van der Waals surface area contributed by atoms with Gasteiger partial charge in [-0.1, -0.05) is 33.6 Å². The molecule has 0 bridgehead atoms. The normalized spacial score (nSPS) is 14.8. The molecule has 0 heterocycles. The fourth-order valence-electron chi connectivity index (χ4n) is 1.96. The maximum atomic E-state index is 12.0. The van der Waals surface area contributed by atoms with Crippen molar-refractivity contribution in [3.05, 3.63) is 33.8 Å². The maximum absolute atomic E-state index is 12.0. The Morgan fingerprint density at radius 2 is 2.18 bits per heavy atom. The zero-order chi connectivity index (χ0) is 12.4. The zero-order valence-corrected chi connectivity index (χ0v) is 12.0. The van der Waals surface area contributed by atoms with E-state index in [2.05, 4.69) is 41.1 Å². The highest BCUT2D eigenvalue weighted by atomic mass is 79.9. The second-order valence-electron chi connectivity index (χ2n) is 4.72. The minimum Gasteiger partial charge on any atom is -0.338 e. The van der Waals surface area contributed by atoms with Gasteiger partial charge in [-0.05, 0) is 38.3 Å². The predicted octanol–water partition coefficient (Wildman–Crippen LogP) is 3.52. The lowest BCUT2D eigenvalue weighted by Crippen LogP contribution is -2.31. The van der Waals surface area contributed by atoms with Crippen molar-refractivity contribution in [1.82, 2.24) is 4.90 Å². The van der Waals surface area contributed by atoms with E-state index >= 15 is 0 Å². The molecule has 1 fully saturated rings. The van der Waals surface area contributed by atoms with Crippen LogP contribution in [-0.2, 0) is 11.3 Å². The van der Waals surface area contributed by atoms with Gasteiger partial charge in [-0.2, -0.15) is 0 Å². The van der Waals surface area contributed by atoms with Crippen LogP contribution >= 0.6 is 15.9 Å². The van der Waals surface area contributed by atoms with E-state index in [0.717, 1.165) is 23.9 Å². The minimum atomic E-state index is 0.304. The van der Waals surface area contributed by atoms with Gasteiger partial charge in [0.1, 0.15) is 0 Å². The van der Waals surface area contributed by atoms with E-state index in [9.17, 15) is 4.79 Å². The van der Waals surface area contributed by atoms with Crippen molar-refractivity contribution >= 4 is 21.8 Å². The van der Waals surface area contributed by atoms with Crippen molar-refractivity contribution in [3.63, 3.8) is 0 Å². The molecule has 17 heavy (non-hydrogen) atoms. The Balaban J connectivity index is 2.11. The Morgan fingerprint density at radius 3 is 2.76 bits per heavy atom. The summed E-state index contributed by atoms with van der Waals surface area (Å²) in [6.07, 6.45) is 2.15. The second kappa shape index (κ2) is 5.21. The summed E-state index contributed by atoms with van der Waals surface area (Å²) in [4.78, 5) is 14.0. The number of carbonyl (C=O) groups is 1. The number of halogens is 1. The van der Waals surface area contributed by atoms with E-state index in [-0.39, 0.29) is 0 Å². The molecule has 1 aliphatic carbocycles. The van der Waals surface area contributed by atoms with Crippen molar-refractivity contribution in [2.24, 2.45) is 5.92 Å². The Bertz CT molecular complexity index is 426. The summed E-state index contributed by atoms with van der Waals surface area (Å²) in [6.45, 7) is 5.63. The van der Waals surface area contributed by atoms with E-state index in [1.165, 1.54) is 11.1 Å². The number of hydrogen-bond donors (Lipinski definition) is 0. The summed E-state index contributed by atoms with van der Waals surface area (Å²) in [7, 11) is 0. The Morgan fingerprint density at radius 1 is 1.47 bits per heavy atom. The lowest BCUT2D eigenvalue weighted by atomic mass is 10.1. The van der Waals surface area contributed by atoms with Gasteiger partial charge in [0.05, 0.1) is 0 Å². The molecule has 1 amide bonds. The largest absolute Gasteiger partial charge is 0.338 e. The molecule has 0 radical (unpaired) electrons. The summed E-state index contributed by atoms with van der Waals surface area (Å²) in [6, 6.07) is 6.28. The van der Waals surface area contributed by atoms with Crippen molar-refractivity contribution in [2.45, 2.75) is 33.2 Å². The lowest BCUT2D eigenvalue weighted by Gasteiger charge is -2.21. The van der Waals surface area contributed by atoms with E-state index in [0.29, 0.717) is 18.4 Å². The second-order valence-corrected chi connectivity index (χ2v) is 5.58.